The van der Waals surface area contributed by atoms with Crippen LogP contribution in [0.15, 0.2) is 66.2 Å². The molecule has 0 fully saturated rings. The molecule has 0 bridgehead atoms. The van der Waals surface area contributed by atoms with Gasteiger partial charge in [-0.1, -0.05) is 30.3 Å². The lowest BCUT2D eigenvalue weighted by Crippen LogP contribution is -2.21. The van der Waals surface area contributed by atoms with E-state index in [4.69, 9.17) is 10.5 Å². The maximum Gasteiger partial charge on any atom is 0.205 e. The van der Waals surface area contributed by atoms with Crippen molar-refractivity contribution in [1.29, 1.82) is 5.26 Å². The van der Waals surface area contributed by atoms with Crippen molar-refractivity contribution < 1.29 is 9.84 Å². The number of aromatic hydroxyl groups is 1. The number of phenolic OH excluding ortho intramolecular Hbond substituents is 1. The van der Waals surface area contributed by atoms with Gasteiger partial charge in [-0.3, -0.25) is 4.98 Å². The number of aromatic nitrogens is 1. The molecule has 24 heavy (non-hydrogen) atoms. The minimum atomic E-state index is -0.356. The fourth-order valence-corrected chi connectivity index (χ4v) is 3.06. The highest BCUT2D eigenvalue weighted by Crippen LogP contribution is 2.44. The third kappa shape index (κ3) is 2.05. The van der Waals surface area contributed by atoms with Gasteiger partial charge in [0.2, 0.25) is 5.88 Å². The largest absolute Gasteiger partial charge is 0.508 e. The molecule has 5 heteroatoms. The summed E-state index contributed by atoms with van der Waals surface area (Å²) in [4.78, 5) is 4.40. The van der Waals surface area contributed by atoms with E-state index in [2.05, 4.69) is 11.1 Å². The van der Waals surface area contributed by atoms with E-state index in [9.17, 15) is 10.4 Å². The van der Waals surface area contributed by atoms with Gasteiger partial charge in [0, 0.05) is 17.1 Å². The predicted octanol–water partition coefficient (Wildman–Crippen LogP) is 3.16. The minimum Gasteiger partial charge on any atom is -0.508 e. The Hall–Kier alpha value is -3.52. The minimum absolute atomic E-state index is 0.0845. The molecule has 2 heterocycles. The molecule has 1 aliphatic heterocycles. The van der Waals surface area contributed by atoms with Crippen LogP contribution in [0.25, 0.3) is 10.9 Å². The van der Waals surface area contributed by atoms with Gasteiger partial charge in [-0.05, 0) is 23.8 Å². The Bertz CT molecular complexity index is 1020. The van der Waals surface area contributed by atoms with Gasteiger partial charge < -0.3 is 15.6 Å². The van der Waals surface area contributed by atoms with E-state index in [-0.39, 0.29) is 17.6 Å². The summed E-state index contributed by atoms with van der Waals surface area (Å²) >= 11 is 0. The summed E-state index contributed by atoms with van der Waals surface area (Å²) < 4.78 is 5.75. The molecule has 1 atom stereocenters. The van der Waals surface area contributed by atoms with Gasteiger partial charge in [0.05, 0.1) is 5.92 Å². The molecule has 0 saturated heterocycles. The SMILES string of the molecule is N#CC1=C(N)Oc2c(ccc3cccnc23)C1c1ccc(O)cc1. The van der Waals surface area contributed by atoms with Gasteiger partial charge in [0.1, 0.15) is 22.9 Å². The topological polar surface area (TPSA) is 92.2 Å². The second-order valence-electron chi connectivity index (χ2n) is 5.58. The average molecular weight is 315 g/mol. The summed E-state index contributed by atoms with van der Waals surface area (Å²) in [5, 5.41) is 20.0. The van der Waals surface area contributed by atoms with E-state index < -0.39 is 0 Å². The van der Waals surface area contributed by atoms with Crippen molar-refractivity contribution in [2.45, 2.75) is 5.92 Å². The zero-order valence-corrected chi connectivity index (χ0v) is 12.6. The van der Waals surface area contributed by atoms with E-state index >= 15 is 0 Å². The molecule has 0 radical (unpaired) electrons. The number of phenols is 1. The van der Waals surface area contributed by atoms with Crippen molar-refractivity contribution in [1.82, 2.24) is 4.98 Å². The molecule has 0 aliphatic carbocycles. The Morgan fingerprint density at radius 2 is 1.92 bits per heavy atom. The van der Waals surface area contributed by atoms with Crippen molar-refractivity contribution in [3.8, 4) is 17.6 Å². The van der Waals surface area contributed by atoms with Crippen LogP contribution in [0.2, 0.25) is 0 Å². The van der Waals surface area contributed by atoms with Crippen LogP contribution in [0, 0.1) is 11.3 Å². The maximum absolute atomic E-state index is 9.55. The van der Waals surface area contributed by atoms with E-state index in [0.717, 1.165) is 16.5 Å². The lowest BCUT2D eigenvalue weighted by Gasteiger charge is -2.27. The normalized spacial score (nSPS) is 16.4. The van der Waals surface area contributed by atoms with E-state index in [1.165, 1.54) is 0 Å². The van der Waals surface area contributed by atoms with Crippen molar-refractivity contribution in [3.05, 3.63) is 77.3 Å². The van der Waals surface area contributed by atoms with E-state index in [1.54, 1.807) is 30.5 Å². The molecule has 5 nitrogen and oxygen atoms in total. The summed E-state index contributed by atoms with van der Waals surface area (Å²) in [6.45, 7) is 0. The highest BCUT2D eigenvalue weighted by atomic mass is 16.5. The van der Waals surface area contributed by atoms with Gasteiger partial charge >= 0.3 is 0 Å². The summed E-state index contributed by atoms with van der Waals surface area (Å²) in [5.41, 5.74) is 8.75. The third-order valence-electron chi connectivity index (χ3n) is 4.18. The Morgan fingerprint density at radius 3 is 2.67 bits per heavy atom. The molecule has 116 valence electrons. The second kappa shape index (κ2) is 5.28. The molecule has 1 unspecified atom stereocenters. The fraction of sp³-hybridized carbons (Fsp3) is 0.0526. The van der Waals surface area contributed by atoms with Gasteiger partial charge in [0.15, 0.2) is 5.75 Å². The Balaban J connectivity index is 2.00. The predicted molar refractivity (Wildman–Crippen MR) is 89.1 cm³/mol. The number of fused-ring (bicyclic) bond motifs is 3. The molecule has 3 N–H and O–H groups in total. The summed E-state index contributed by atoms with van der Waals surface area (Å²) in [5.74, 6) is 0.469. The third-order valence-corrected chi connectivity index (χ3v) is 4.18. The van der Waals surface area contributed by atoms with Gasteiger partial charge in [0.25, 0.3) is 0 Å². The van der Waals surface area contributed by atoms with Gasteiger partial charge in [-0.2, -0.15) is 5.26 Å². The number of rotatable bonds is 1. The van der Waals surface area contributed by atoms with Crippen LogP contribution in [0.4, 0.5) is 0 Å². The number of nitrogens with two attached hydrogens (primary N) is 1. The van der Waals surface area contributed by atoms with Crippen LogP contribution < -0.4 is 10.5 Å². The average Bonchev–Trinajstić information content (AvgIpc) is 2.61. The van der Waals surface area contributed by atoms with Gasteiger partial charge in [-0.15, -0.1) is 0 Å². The Morgan fingerprint density at radius 1 is 1.12 bits per heavy atom. The zero-order valence-electron chi connectivity index (χ0n) is 12.6. The molecule has 2 aromatic carbocycles. The first-order chi connectivity index (χ1) is 11.7. The molecular formula is C19H13N3O2. The number of nitriles is 1. The molecule has 3 aromatic rings. The maximum atomic E-state index is 9.55. The highest BCUT2D eigenvalue weighted by Gasteiger charge is 2.31. The lowest BCUT2D eigenvalue weighted by atomic mass is 9.83. The first-order valence-electron chi connectivity index (χ1n) is 7.43. The quantitative estimate of drug-likeness (QED) is 0.719. The number of hydrogen-bond donors (Lipinski definition) is 2. The van der Waals surface area contributed by atoms with Gasteiger partial charge in [-0.25, -0.2) is 0 Å². The smallest absolute Gasteiger partial charge is 0.205 e. The summed E-state index contributed by atoms with van der Waals surface area (Å²) in [6, 6.07) is 16.6. The zero-order chi connectivity index (χ0) is 16.7. The van der Waals surface area contributed by atoms with Crippen LogP contribution in [0.3, 0.4) is 0 Å². The van der Waals surface area contributed by atoms with E-state index in [0.29, 0.717) is 16.8 Å². The lowest BCUT2D eigenvalue weighted by molar-refractivity contribution is 0.397. The Labute approximate surface area is 138 Å². The first kappa shape index (κ1) is 14.1. The molecular weight excluding hydrogens is 302 g/mol. The van der Waals surface area contributed by atoms with Crippen LogP contribution in [-0.4, -0.2) is 10.1 Å². The Kier molecular flexibility index (Phi) is 3.10. The number of ether oxygens (including phenoxy) is 1. The molecule has 0 amide bonds. The van der Waals surface area contributed by atoms with Crippen LogP contribution >= 0.6 is 0 Å². The number of nitrogens with zero attached hydrogens (tertiary/aromatic N) is 2. The fourth-order valence-electron chi connectivity index (χ4n) is 3.06. The van der Waals surface area contributed by atoms with Crippen molar-refractivity contribution >= 4 is 10.9 Å². The van der Waals surface area contributed by atoms with Crippen molar-refractivity contribution in [2.75, 3.05) is 0 Å². The number of hydrogen-bond acceptors (Lipinski definition) is 5. The van der Waals surface area contributed by atoms with Crippen LogP contribution in [0.1, 0.15) is 17.0 Å². The number of benzene rings is 2. The van der Waals surface area contributed by atoms with Crippen molar-refractivity contribution in [3.63, 3.8) is 0 Å². The molecule has 1 aliphatic rings. The summed E-state index contributed by atoms with van der Waals surface area (Å²) in [7, 11) is 0. The van der Waals surface area contributed by atoms with Crippen molar-refractivity contribution in [2.24, 2.45) is 5.73 Å². The first-order valence-corrected chi connectivity index (χ1v) is 7.43. The van der Waals surface area contributed by atoms with Crippen LogP contribution in [-0.2, 0) is 0 Å². The molecule has 0 spiro atoms. The molecule has 0 saturated carbocycles. The number of allylic oxidation sites excluding steroid dienone is 1. The van der Waals surface area contributed by atoms with E-state index in [1.807, 2.05) is 24.3 Å². The monoisotopic (exact) mass is 315 g/mol. The molecule has 4 rings (SSSR count). The molecule has 1 aromatic heterocycles. The number of pyridine rings is 1. The second-order valence-corrected chi connectivity index (χ2v) is 5.58. The summed E-state index contributed by atoms with van der Waals surface area (Å²) in [6.07, 6.45) is 1.70. The standard InChI is InChI=1S/C19H13N3O2/c20-10-15-16(11-3-6-13(23)7-4-11)14-8-5-12-2-1-9-22-17(12)18(14)24-19(15)21/h1-9,16,23H,21H2. The highest BCUT2D eigenvalue weighted by molar-refractivity contribution is 5.87. The van der Waals surface area contributed by atoms with Crippen LogP contribution in [0.5, 0.6) is 11.5 Å².